The van der Waals surface area contributed by atoms with Crippen LogP contribution in [-0.2, 0) is 9.59 Å². The first kappa shape index (κ1) is 29.9. The SMILES string of the molecule is CN(C)c1ccc(/C=C(\NC(=O)c2ccccc2)C(=O)Nc2ccc(SCC(=O)Nc3ccc(I)cc3)cc2)cc1. The van der Waals surface area contributed by atoms with E-state index in [1.54, 1.807) is 42.5 Å². The van der Waals surface area contributed by atoms with Crippen LogP contribution in [0.4, 0.5) is 17.1 Å². The number of thioether (sulfide) groups is 1. The highest BCUT2D eigenvalue weighted by atomic mass is 127. The van der Waals surface area contributed by atoms with Gasteiger partial charge in [-0.1, -0.05) is 30.3 Å². The number of amides is 3. The quantitative estimate of drug-likeness (QED) is 0.101. The van der Waals surface area contributed by atoms with Crippen LogP contribution in [0.15, 0.2) is 114 Å². The molecule has 4 rings (SSSR count). The summed E-state index contributed by atoms with van der Waals surface area (Å²) in [4.78, 5) is 41.3. The molecule has 3 N–H and O–H groups in total. The van der Waals surface area contributed by atoms with Crippen molar-refractivity contribution in [1.82, 2.24) is 5.32 Å². The van der Waals surface area contributed by atoms with Gasteiger partial charge in [0.1, 0.15) is 5.70 Å². The van der Waals surface area contributed by atoms with Crippen LogP contribution in [0, 0.1) is 3.57 Å². The number of benzene rings is 4. The molecule has 0 radical (unpaired) electrons. The molecule has 4 aromatic carbocycles. The van der Waals surface area contributed by atoms with E-state index in [4.69, 9.17) is 0 Å². The van der Waals surface area contributed by atoms with E-state index < -0.39 is 5.91 Å². The average molecular weight is 677 g/mol. The first-order chi connectivity index (χ1) is 19.8. The fraction of sp³-hybridized carbons (Fsp3) is 0.0938. The molecule has 0 aliphatic rings. The lowest BCUT2D eigenvalue weighted by Gasteiger charge is -2.13. The fourth-order valence-corrected chi connectivity index (χ4v) is 4.75. The van der Waals surface area contributed by atoms with E-state index in [9.17, 15) is 14.4 Å². The van der Waals surface area contributed by atoms with Crippen LogP contribution in [0.2, 0.25) is 0 Å². The van der Waals surface area contributed by atoms with Crippen molar-refractivity contribution in [3.8, 4) is 0 Å². The Morgan fingerprint density at radius 1 is 0.780 bits per heavy atom. The highest BCUT2D eigenvalue weighted by Gasteiger charge is 2.15. The Labute approximate surface area is 257 Å². The van der Waals surface area contributed by atoms with E-state index in [-0.39, 0.29) is 23.3 Å². The van der Waals surface area contributed by atoms with Crippen molar-refractivity contribution in [1.29, 1.82) is 0 Å². The molecule has 0 unspecified atom stereocenters. The smallest absolute Gasteiger partial charge is 0.272 e. The predicted molar refractivity (Wildman–Crippen MR) is 176 cm³/mol. The largest absolute Gasteiger partial charge is 0.378 e. The maximum Gasteiger partial charge on any atom is 0.272 e. The molecule has 208 valence electrons. The molecule has 0 atom stereocenters. The third kappa shape index (κ3) is 9.22. The number of hydrogen-bond acceptors (Lipinski definition) is 5. The molecular weight excluding hydrogens is 647 g/mol. The van der Waals surface area contributed by atoms with Gasteiger partial charge in [0.05, 0.1) is 5.75 Å². The molecule has 0 heterocycles. The van der Waals surface area contributed by atoms with Crippen LogP contribution in [0.3, 0.4) is 0 Å². The number of nitrogens with one attached hydrogen (secondary N) is 3. The second-order valence-corrected chi connectivity index (χ2v) is 11.5. The summed E-state index contributed by atoms with van der Waals surface area (Å²) in [5.41, 5.74) is 3.66. The van der Waals surface area contributed by atoms with Crippen LogP contribution in [0.25, 0.3) is 6.08 Å². The predicted octanol–water partition coefficient (Wildman–Crippen LogP) is 6.50. The van der Waals surface area contributed by atoms with Crippen LogP contribution in [0.5, 0.6) is 0 Å². The number of anilines is 3. The number of carbonyl (C=O) groups excluding carboxylic acids is 3. The number of nitrogens with zero attached hydrogens (tertiary/aromatic N) is 1. The Balaban J connectivity index is 1.41. The van der Waals surface area contributed by atoms with Crippen molar-refractivity contribution in [2.45, 2.75) is 4.90 Å². The fourth-order valence-electron chi connectivity index (χ4n) is 3.69. The second-order valence-electron chi connectivity index (χ2n) is 9.19. The van der Waals surface area contributed by atoms with Crippen molar-refractivity contribution in [2.75, 3.05) is 35.4 Å². The topological polar surface area (TPSA) is 90.5 Å². The highest BCUT2D eigenvalue weighted by molar-refractivity contribution is 14.1. The molecule has 0 aliphatic carbocycles. The number of hydrogen-bond donors (Lipinski definition) is 3. The van der Waals surface area contributed by atoms with E-state index in [0.29, 0.717) is 11.3 Å². The van der Waals surface area contributed by atoms with Gasteiger partial charge in [-0.3, -0.25) is 14.4 Å². The van der Waals surface area contributed by atoms with Gasteiger partial charge in [-0.15, -0.1) is 11.8 Å². The molecule has 4 aromatic rings. The van der Waals surface area contributed by atoms with Gasteiger partial charge in [0.25, 0.3) is 11.8 Å². The summed E-state index contributed by atoms with van der Waals surface area (Å²) in [7, 11) is 3.90. The average Bonchev–Trinajstić information content (AvgIpc) is 2.98. The Kier molecular flexibility index (Phi) is 10.6. The molecule has 0 bridgehead atoms. The standard InChI is InChI=1S/C32H29IN4O3S/c1-37(2)27-16-8-22(9-17-27)20-29(36-31(39)23-6-4-3-5-7-23)32(40)35-26-14-18-28(19-15-26)41-21-30(38)34-25-12-10-24(33)11-13-25/h3-20H,21H2,1-2H3,(H,34,38)(H,35,40)(H,36,39)/b29-20-. The van der Waals surface area contributed by atoms with E-state index in [0.717, 1.165) is 25.4 Å². The molecule has 0 fully saturated rings. The van der Waals surface area contributed by atoms with E-state index in [1.165, 1.54) is 11.8 Å². The van der Waals surface area contributed by atoms with Crippen molar-refractivity contribution >= 4 is 75.2 Å². The van der Waals surface area contributed by atoms with Crippen LogP contribution >= 0.6 is 34.4 Å². The minimum atomic E-state index is -0.455. The second kappa shape index (κ2) is 14.5. The molecule has 0 saturated heterocycles. The maximum atomic E-state index is 13.3. The molecule has 0 saturated carbocycles. The summed E-state index contributed by atoms with van der Waals surface area (Å²) in [5.74, 6) is -0.686. The van der Waals surface area contributed by atoms with Gasteiger partial charge in [-0.05, 0) is 107 Å². The third-order valence-electron chi connectivity index (χ3n) is 5.86. The highest BCUT2D eigenvalue weighted by Crippen LogP contribution is 2.22. The van der Waals surface area contributed by atoms with Crippen LogP contribution < -0.4 is 20.9 Å². The zero-order chi connectivity index (χ0) is 29.2. The lowest BCUT2D eigenvalue weighted by molar-refractivity contribution is -0.114. The molecule has 41 heavy (non-hydrogen) atoms. The molecule has 0 aliphatic heterocycles. The molecular formula is C32H29IN4O3S. The zero-order valence-electron chi connectivity index (χ0n) is 22.6. The summed E-state index contributed by atoms with van der Waals surface area (Å²) >= 11 is 3.61. The lowest BCUT2D eigenvalue weighted by atomic mass is 10.1. The third-order valence-corrected chi connectivity index (χ3v) is 7.59. The monoisotopic (exact) mass is 676 g/mol. The van der Waals surface area contributed by atoms with Gasteiger partial charge in [0, 0.05) is 45.2 Å². The Morgan fingerprint density at radius 2 is 1.39 bits per heavy atom. The number of halogens is 1. The van der Waals surface area contributed by atoms with Crippen molar-refractivity contribution in [2.24, 2.45) is 0 Å². The van der Waals surface area contributed by atoms with Crippen molar-refractivity contribution < 1.29 is 14.4 Å². The van der Waals surface area contributed by atoms with E-state index >= 15 is 0 Å². The number of rotatable bonds is 10. The first-order valence-electron chi connectivity index (χ1n) is 12.7. The number of carbonyl (C=O) groups is 3. The van der Waals surface area contributed by atoms with Crippen LogP contribution in [0.1, 0.15) is 15.9 Å². The lowest BCUT2D eigenvalue weighted by Crippen LogP contribution is -2.30. The van der Waals surface area contributed by atoms with Gasteiger partial charge in [0.15, 0.2) is 0 Å². The maximum absolute atomic E-state index is 13.3. The summed E-state index contributed by atoms with van der Waals surface area (Å²) in [6.07, 6.45) is 1.64. The van der Waals surface area contributed by atoms with Crippen molar-refractivity contribution in [3.05, 3.63) is 124 Å². The van der Waals surface area contributed by atoms with Gasteiger partial charge >= 0.3 is 0 Å². The Bertz CT molecular complexity index is 1520. The van der Waals surface area contributed by atoms with E-state index in [2.05, 4.69) is 38.5 Å². The molecule has 0 aromatic heterocycles. The molecule has 0 spiro atoms. The van der Waals surface area contributed by atoms with Crippen LogP contribution in [-0.4, -0.2) is 37.6 Å². The molecule has 7 nitrogen and oxygen atoms in total. The van der Waals surface area contributed by atoms with Crippen molar-refractivity contribution in [3.63, 3.8) is 0 Å². The van der Waals surface area contributed by atoms with Gasteiger partial charge in [-0.25, -0.2) is 0 Å². The molecule has 9 heteroatoms. The van der Waals surface area contributed by atoms with E-state index in [1.807, 2.05) is 85.7 Å². The minimum absolute atomic E-state index is 0.101. The first-order valence-corrected chi connectivity index (χ1v) is 14.8. The zero-order valence-corrected chi connectivity index (χ0v) is 25.5. The minimum Gasteiger partial charge on any atom is -0.378 e. The summed E-state index contributed by atoms with van der Waals surface area (Å²) in [6, 6.07) is 31.2. The van der Waals surface area contributed by atoms with Gasteiger partial charge in [-0.2, -0.15) is 0 Å². The van der Waals surface area contributed by atoms with Gasteiger partial charge in [0.2, 0.25) is 5.91 Å². The summed E-state index contributed by atoms with van der Waals surface area (Å²) in [5, 5.41) is 8.50. The Morgan fingerprint density at radius 3 is 2.02 bits per heavy atom. The summed E-state index contributed by atoms with van der Waals surface area (Å²) < 4.78 is 1.10. The molecule has 3 amide bonds. The summed E-state index contributed by atoms with van der Waals surface area (Å²) in [6.45, 7) is 0. The normalized spacial score (nSPS) is 11.0. The van der Waals surface area contributed by atoms with Gasteiger partial charge < -0.3 is 20.9 Å². The Hall–Kier alpha value is -4.09.